The summed E-state index contributed by atoms with van der Waals surface area (Å²) in [5.74, 6) is -0.850. The lowest BCUT2D eigenvalue weighted by Crippen LogP contribution is -2.41. The Morgan fingerprint density at radius 2 is 1.67 bits per heavy atom. The second-order valence-electron chi connectivity index (χ2n) is 6.86. The summed E-state index contributed by atoms with van der Waals surface area (Å²) in [5.41, 5.74) is 0.540. The van der Waals surface area contributed by atoms with Gasteiger partial charge in [-0.25, -0.2) is 0 Å². The lowest BCUT2D eigenvalue weighted by Gasteiger charge is -2.27. The smallest absolute Gasteiger partial charge is 0.291 e. The van der Waals surface area contributed by atoms with Crippen LogP contribution < -0.4 is 10.0 Å². The SMILES string of the molecule is O=C(Nc1nnc(S(=O)(=O)Nc2ccccc2C(=O)N2CCOCC2)s1)c1ccccc1Cl. The number of nitrogens with zero attached hydrogens (tertiary/aromatic N) is 3. The van der Waals surface area contributed by atoms with Crippen LogP contribution in [0, 0.1) is 0 Å². The van der Waals surface area contributed by atoms with Gasteiger partial charge in [0.2, 0.25) is 5.13 Å². The first-order chi connectivity index (χ1) is 15.8. The number of hydrogen-bond donors (Lipinski definition) is 2. The Bertz CT molecular complexity index is 1290. The third kappa shape index (κ3) is 5.30. The Morgan fingerprint density at radius 3 is 2.39 bits per heavy atom. The molecule has 0 spiro atoms. The van der Waals surface area contributed by atoms with Gasteiger partial charge < -0.3 is 9.64 Å². The molecule has 0 radical (unpaired) electrons. The van der Waals surface area contributed by atoms with Crippen molar-refractivity contribution in [2.24, 2.45) is 0 Å². The van der Waals surface area contributed by atoms with E-state index in [4.69, 9.17) is 16.3 Å². The van der Waals surface area contributed by atoms with E-state index in [2.05, 4.69) is 20.2 Å². The summed E-state index contributed by atoms with van der Waals surface area (Å²) >= 11 is 6.68. The molecule has 0 aliphatic carbocycles. The van der Waals surface area contributed by atoms with E-state index in [9.17, 15) is 18.0 Å². The van der Waals surface area contributed by atoms with Gasteiger partial charge in [-0.2, -0.15) is 8.42 Å². The van der Waals surface area contributed by atoms with Crippen LogP contribution in [0.2, 0.25) is 5.02 Å². The number of amides is 2. The largest absolute Gasteiger partial charge is 0.378 e. The van der Waals surface area contributed by atoms with Gasteiger partial charge in [-0.3, -0.25) is 19.6 Å². The number of rotatable bonds is 6. The first-order valence-electron chi connectivity index (χ1n) is 9.73. The van der Waals surface area contributed by atoms with E-state index in [1.165, 1.54) is 12.1 Å². The molecule has 0 atom stereocenters. The van der Waals surface area contributed by atoms with Gasteiger partial charge in [-0.15, -0.1) is 10.2 Å². The minimum atomic E-state index is -4.17. The first-order valence-corrected chi connectivity index (χ1v) is 12.4. The standard InChI is InChI=1S/C20H18ClN5O5S2/c21-15-7-3-1-5-13(15)17(27)22-19-23-24-20(32-19)33(29,30)25-16-8-4-2-6-14(16)18(28)26-9-11-31-12-10-26/h1-8,25H,9-12H2,(H,22,23,27). The topological polar surface area (TPSA) is 131 Å². The highest BCUT2D eigenvalue weighted by Gasteiger charge is 2.26. The molecule has 2 heterocycles. The van der Waals surface area contributed by atoms with E-state index < -0.39 is 15.9 Å². The average Bonchev–Trinajstić information content (AvgIpc) is 3.29. The second kappa shape index (κ2) is 9.83. The maximum atomic E-state index is 12.9. The lowest BCUT2D eigenvalue weighted by atomic mass is 10.1. The van der Waals surface area contributed by atoms with E-state index in [0.29, 0.717) is 37.6 Å². The Hall–Kier alpha value is -3.06. The summed E-state index contributed by atoms with van der Waals surface area (Å²) < 4.78 is 33.1. The predicted octanol–water partition coefficient (Wildman–Crippen LogP) is 2.72. The number of ether oxygens (including phenoxy) is 1. The number of carbonyl (C=O) groups excluding carboxylic acids is 2. The minimum Gasteiger partial charge on any atom is -0.378 e. The van der Waals surface area contributed by atoms with Crippen molar-refractivity contribution in [1.29, 1.82) is 0 Å². The van der Waals surface area contributed by atoms with Crippen molar-refractivity contribution in [2.75, 3.05) is 36.3 Å². The third-order valence-electron chi connectivity index (χ3n) is 4.68. The van der Waals surface area contributed by atoms with Crippen molar-refractivity contribution in [1.82, 2.24) is 15.1 Å². The molecule has 2 aromatic carbocycles. The zero-order valence-corrected chi connectivity index (χ0v) is 19.4. The molecule has 1 aromatic heterocycles. The molecule has 4 rings (SSSR count). The molecule has 13 heteroatoms. The number of morpholine rings is 1. The van der Waals surface area contributed by atoms with Crippen molar-refractivity contribution in [2.45, 2.75) is 4.34 Å². The molecule has 1 fully saturated rings. The fourth-order valence-electron chi connectivity index (χ4n) is 3.06. The third-order valence-corrected chi connectivity index (χ3v) is 7.58. The molecule has 2 amide bonds. The molecule has 33 heavy (non-hydrogen) atoms. The van der Waals surface area contributed by atoms with Crippen molar-refractivity contribution in [3.63, 3.8) is 0 Å². The van der Waals surface area contributed by atoms with E-state index in [1.807, 2.05) is 0 Å². The summed E-state index contributed by atoms with van der Waals surface area (Å²) in [6.45, 7) is 1.69. The Labute approximate surface area is 198 Å². The number of hydrogen-bond acceptors (Lipinski definition) is 8. The monoisotopic (exact) mass is 507 g/mol. The Balaban J connectivity index is 1.51. The van der Waals surface area contributed by atoms with Gasteiger partial charge >= 0.3 is 0 Å². The number of aromatic nitrogens is 2. The molecule has 172 valence electrons. The highest BCUT2D eigenvalue weighted by molar-refractivity contribution is 7.94. The highest BCUT2D eigenvalue weighted by atomic mass is 35.5. The van der Waals surface area contributed by atoms with Gasteiger partial charge in [0.15, 0.2) is 0 Å². The van der Waals surface area contributed by atoms with E-state index in [-0.39, 0.29) is 37.2 Å². The quantitative estimate of drug-likeness (QED) is 0.490. The van der Waals surface area contributed by atoms with Crippen LogP contribution >= 0.6 is 22.9 Å². The van der Waals surface area contributed by atoms with Gasteiger partial charge in [0, 0.05) is 13.1 Å². The molecular formula is C20H18ClN5O5S2. The van der Waals surface area contributed by atoms with Crippen LogP contribution in [-0.4, -0.2) is 61.6 Å². The average molecular weight is 508 g/mol. The highest BCUT2D eigenvalue weighted by Crippen LogP contribution is 2.26. The van der Waals surface area contributed by atoms with Crippen molar-refractivity contribution >= 4 is 55.6 Å². The van der Waals surface area contributed by atoms with Crippen LogP contribution in [0.25, 0.3) is 0 Å². The molecule has 10 nitrogen and oxygen atoms in total. The number of benzene rings is 2. The predicted molar refractivity (Wildman–Crippen MR) is 123 cm³/mol. The summed E-state index contributed by atoms with van der Waals surface area (Å²) in [6.07, 6.45) is 0. The number of halogens is 1. The number of anilines is 2. The summed E-state index contributed by atoms with van der Waals surface area (Å²) in [5, 5.41) is 10.1. The number of nitrogens with one attached hydrogen (secondary N) is 2. The normalized spacial score (nSPS) is 14.0. The molecule has 2 N–H and O–H groups in total. The lowest BCUT2D eigenvalue weighted by molar-refractivity contribution is 0.0303. The first kappa shape index (κ1) is 23.1. The molecule has 0 saturated carbocycles. The summed E-state index contributed by atoms with van der Waals surface area (Å²) in [7, 11) is -4.17. The number of carbonyl (C=O) groups is 2. The van der Waals surface area contributed by atoms with Gasteiger partial charge in [0.25, 0.3) is 26.2 Å². The van der Waals surface area contributed by atoms with Crippen LogP contribution in [-0.2, 0) is 14.8 Å². The van der Waals surface area contributed by atoms with E-state index >= 15 is 0 Å². The van der Waals surface area contributed by atoms with Crippen LogP contribution in [0.4, 0.5) is 10.8 Å². The van der Waals surface area contributed by atoms with Gasteiger partial charge in [0.1, 0.15) is 0 Å². The maximum absolute atomic E-state index is 12.9. The maximum Gasteiger partial charge on any atom is 0.291 e. The van der Waals surface area contributed by atoms with Crippen molar-refractivity contribution < 1.29 is 22.7 Å². The minimum absolute atomic E-state index is 0.0158. The fourth-order valence-corrected chi connectivity index (χ4v) is 5.26. The molecule has 1 saturated heterocycles. The molecule has 0 bridgehead atoms. The Kier molecular flexibility index (Phi) is 6.88. The van der Waals surface area contributed by atoms with Crippen LogP contribution in [0.15, 0.2) is 52.9 Å². The number of sulfonamides is 1. The van der Waals surface area contributed by atoms with E-state index in [1.54, 1.807) is 41.3 Å². The van der Waals surface area contributed by atoms with Gasteiger partial charge in [-0.05, 0) is 24.3 Å². The van der Waals surface area contributed by atoms with Crippen LogP contribution in [0.3, 0.4) is 0 Å². The molecule has 1 aliphatic rings. The van der Waals surface area contributed by atoms with Gasteiger partial charge in [-0.1, -0.05) is 47.2 Å². The molecule has 1 aliphatic heterocycles. The van der Waals surface area contributed by atoms with E-state index in [0.717, 1.165) is 0 Å². The van der Waals surface area contributed by atoms with Crippen LogP contribution in [0.1, 0.15) is 20.7 Å². The second-order valence-corrected chi connectivity index (χ2v) is 10.1. The summed E-state index contributed by atoms with van der Waals surface area (Å²) in [4.78, 5) is 26.9. The molecular weight excluding hydrogens is 490 g/mol. The summed E-state index contributed by atoms with van der Waals surface area (Å²) in [6, 6.07) is 12.7. The van der Waals surface area contributed by atoms with Gasteiger partial charge in [0.05, 0.1) is 35.1 Å². The number of para-hydroxylation sites is 1. The zero-order chi connectivity index (χ0) is 23.4. The Morgan fingerprint density at radius 1 is 1.00 bits per heavy atom. The zero-order valence-electron chi connectivity index (χ0n) is 17.0. The molecule has 3 aromatic rings. The van der Waals surface area contributed by atoms with Crippen LogP contribution in [0.5, 0.6) is 0 Å². The fraction of sp³-hybridized carbons (Fsp3) is 0.200. The molecule has 0 unspecified atom stereocenters. The van der Waals surface area contributed by atoms with Crippen molar-refractivity contribution in [3.05, 3.63) is 64.7 Å². The van der Waals surface area contributed by atoms with Crippen molar-refractivity contribution in [3.8, 4) is 0 Å².